The van der Waals surface area contributed by atoms with Crippen LogP contribution in [0.5, 0.6) is 0 Å². The van der Waals surface area contributed by atoms with Gasteiger partial charge in [0.15, 0.2) is 15.6 Å². The Bertz CT molecular complexity index is 667. The van der Waals surface area contributed by atoms with Crippen molar-refractivity contribution in [3.05, 3.63) is 24.3 Å². The van der Waals surface area contributed by atoms with E-state index in [9.17, 15) is 18.0 Å². The molecule has 1 aromatic carbocycles. The highest BCUT2D eigenvalue weighted by atomic mass is 32.2. The smallest absolute Gasteiger partial charge is 0.340 e. The Labute approximate surface area is 122 Å². The fourth-order valence-corrected chi connectivity index (χ4v) is 2.08. The third-order valence-corrected chi connectivity index (χ3v) is 3.54. The molecule has 0 aliphatic carbocycles. The van der Waals surface area contributed by atoms with E-state index in [-0.39, 0.29) is 17.2 Å². The summed E-state index contributed by atoms with van der Waals surface area (Å²) in [7, 11) is -3.37. The van der Waals surface area contributed by atoms with Crippen LogP contribution < -0.4 is 0 Å². The van der Waals surface area contributed by atoms with E-state index in [1.54, 1.807) is 6.92 Å². The molecule has 7 nitrogen and oxygen atoms in total. The van der Waals surface area contributed by atoms with Gasteiger partial charge in [0.25, 0.3) is 0 Å². The van der Waals surface area contributed by atoms with E-state index >= 15 is 0 Å². The SMILES string of the molecule is CCOC(=O)C(/N=N/c1cccc(S(C)(=O)=O)c1)C(C)=O. The van der Waals surface area contributed by atoms with E-state index in [2.05, 4.69) is 10.2 Å². The molecule has 0 radical (unpaired) electrons. The Hall–Kier alpha value is -2.09. The summed E-state index contributed by atoms with van der Waals surface area (Å²) in [5, 5.41) is 7.39. The highest BCUT2D eigenvalue weighted by Gasteiger charge is 2.24. The Morgan fingerprint density at radius 3 is 2.52 bits per heavy atom. The van der Waals surface area contributed by atoms with Crippen molar-refractivity contribution in [2.24, 2.45) is 10.2 Å². The zero-order valence-electron chi connectivity index (χ0n) is 11.9. The highest BCUT2D eigenvalue weighted by molar-refractivity contribution is 7.90. The average molecular weight is 312 g/mol. The zero-order valence-corrected chi connectivity index (χ0v) is 12.8. The fraction of sp³-hybridized carbons (Fsp3) is 0.385. The molecule has 0 saturated heterocycles. The minimum absolute atomic E-state index is 0.0782. The predicted molar refractivity (Wildman–Crippen MR) is 75.2 cm³/mol. The van der Waals surface area contributed by atoms with Crippen LogP contribution in [0.25, 0.3) is 0 Å². The summed E-state index contributed by atoms with van der Waals surface area (Å²) in [6.45, 7) is 2.94. The van der Waals surface area contributed by atoms with Crippen LogP contribution in [0.2, 0.25) is 0 Å². The van der Waals surface area contributed by atoms with Crippen molar-refractivity contribution in [1.29, 1.82) is 0 Å². The van der Waals surface area contributed by atoms with Gasteiger partial charge in [-0.25, -0.2) is 13.2 Å². The summed E-state index contributed by atoms with van der Waals surface area (Å²) >= 11 is 0. The first kappa shape index (κ1) is 17.0. The lowest BCUT2D eigenvalue weighted by molar-refractivity contribution is -0.147. The van der Waals surface area contributed by atoms with Crippen LogP contribution in [0, 0.1) is 0 Å². The first-order chi connectivity index (χ1) is 9.75. The molecule has 0 amide bonds. The normalized spacial score (nSPS) is 13.1. The molecular formula is C13H16N2O5S. The molecule has 0 fully saturated rings. The summed E-state index contributed by atoms with van der Waals surface area (Å²) in [5.74, 6) is -1.29. The number of hydrogen-bond donors (Lipinski definition) is 0. The van der Waals surface area contributed by atoms with Gasteiger partial charge in [0.05, 0.1) is 17.2 Å². The van der Waals surface area contributed by atoms with Gasteiger partial charge in [0.1, 0.15) is 0 Å². The molecule has 1 rings (SSSR count). The molecular weight excluding hydrogens is 296 g/mol. The van der Waals surface area contributed by atoms with Crippen molar-refractivity contribution >= 4 is 27.3 Å². The molecule has 8 heteroatoms. The first-order valence-electron chi connectivity index (χ1n) is 6.13. The van der Waals surface area contributed by atoms with Crippen LogP contribution in [0.15, 0.2) is 39.4 Å². The van der Waals surface area contributed by atoms with E-state index in [0.717, 1.165) is 6.26 Å². The Kier molecular flexibility index (Phi) is 5.71. The van der Waals surface area contributed by atoms with Crippen molar-refractivity contribution in [2.45, 2.75) is 24.8 Å². The number of carbonyl (C=O) groups is 2. The predicted octanol–water partition coefficient (Wildman–Crippen LogP) is 1.69. The number of esters is 1. The molecule has 1 aromatic rings. The maximum absolute atomic E-state index is 11.5. The number of benzene rings is 1. The minimum atomic E-state index is -3.37. The lowest BCUT2D eigenvalue weighted by Crippen LogP contribution is -2.28. The molecule has 0 aromatic heterocycles. The second-order valence-electron chi connectivity index (χ2n) is 4.25. The van der Waals surface area contributed by atoms with Gasteiger partial charge in [-0.1, -0.05) is 6.07 Å². The zero-order chi connectivity index (χ0) is 16.0. The molecule has 0 heterocycles. The number of hydrogen-bond acceptors (Lipinski definition) is 7. The van der Waals surface area contributed by atoms with Gasteiger partial charge in [0.2, 0.25) is 6.04 Å². The van der Waals surface area contributed by atoms with Gasteiger partial charge in [-0.2, -0.15) is 10.2 Å². The van der Waals surface area contributed by atoms with E-state index in [4.69, 9.17) is 4.74 Å². The quantitative estimate of drug-likeness (QED) is 0.452. The largest absolute Gasteiger partial charge is 0.464 e. The van der Waals surface area contributed by atoms with Gasteiger partial charge in [-0.3, -0.25) is 4.79 Å². The number of ketones is 1. The van der Waals surface area contributed by atoms with Crippen LogP contribution >= 0.6 is 0 Å². The monoisotopic (exact) mass is 312 g/mol. The fourth-order valence-electron chi connectivity index (χ4n) is 1.42. The van der Waals surface area contributed by atoms with Crippen molar-refractivity contribution in [1.82, 2.24) is 0 Å². The maximum atomic E-state index is 11.5. The molecule has 0 bridgehead atoms. The minimum Gasteiger partial charge on any atom is -0.464 e. The molecule has 1 atom stereocenters. The molecule has 0 saturated carbocycles. The van der Waals surface area contributed by atoms with Crippen molar-refractivity contribution in [3.63, 3.8) is 0 Å². The van der Waals surface area contributed by atoms with E-state index in [1.165, 1.54) is 31.2 Å². The Balaban J connectivity index is 3.02. The summed E-state index contributed by atoms with van der Waals surface area (Å²) < 4.78 is 27.6. The van der Waals surface area contributed by atoms with Gasteiger partial charge in [0, 0.05) is 6.26 Å². The van der Waals surface area contributed by atoms with Gasteiger partial charge < -0.3 is 4.74 Å². The number of ether oxygens (including phenoxy) is 1. The molecule has 0 aliphatic rings. The van der Waals surface area contributed by atoms with E-state index in [0.29, 0.717) is 0 Å². The summed E-state index contributed by atoms with van der Waals surface area (Å²) in [6.07, 6.45) is 1.07. The van der Waals surface area contributed by atoms with Crippen molar-refractivity contribution in [2.75, 3.05) is 12.9 Å². The number of azo groups is 1. The molecule has 0 N–H and O–H groups in total. The van der Waals surface area contributed by atoms with E-state index in [1.807, 2.05) is 0 Å². The highest BCUT2D eigenvalue weighted by Crippen LogP contribution is 2.19. The second-order valence-corrected chi connectivity index (χ2v) is 6.27. The molecule has 1 unspecified atom stereocenters. The van der Waals surface area contributed by atoms with Crippen molar-refractivity contribution in [3.8, 4) is 0 Å². The van der Waals surface area contributed by atoms with Crippen molar-refractivity contribution < 1.29 is 22.7 Å². The third-order valence-electron chi connectivity index (χ3n) is 2.43. The van der Waals surface area contributed by atoms with E-state index < -0.39 is 27.6 Å². The summed E-state index contributed by atoms with van der Waals surface area (Å²) in [6, 6.07) is 4.40. The lowest BCUT2D eigenvalue weighted by atomic mass is 10.2. The van der Waals surface area contributed by atoms with Gasteiger partial charge in [-0.05, 0) is 32.0 Å². The van der Waals surface area contributed by atoms with Gasteiger partial charge in [-0.15, -0.1) is 0 Å². The number of rotatable bonds is 6. The third kappa shape index (κ3) is 5.07. The molecule has 0 spiro atoms. The Morgan fingerprint density at radius 1 is 1.33 bits per heavy atom. The average Bonchev–Trinajstić information content (AvgIpc) is 2.38. The molecule has 0 aliphatic heterocycles. The van der Waals surface area contributed by atoms with Gasteiger partial charge >= 0.3 is 5.97 Å². The topological polar surface area (TPSA) is 102 Å². The number of carbonyl (C=O) groups excluding carboxylic acids is 2. The number of sulfone groups is 1. The summed E-state index contributed by atoms with van der Waals surface area (Å²) in [4.78, 5) is 23.0. The number of nitrogens with zero attached hydrogens (tertiary/aromatic N) is 2. The van der Waals surface area contributed by atoms with Crippen LogP contribution in [0.4, 0.5) is 5.69 Å². The second kappa shape index (κ2) is 7.07. The van der Waals surface area contributed by atoms with Crippen LogP contribution in [0.1, 0.15) is 13.8 Å². The number of Topliss-reactive ketones (excluding diaryl/α,β-unsaturated/α-hetero) is 1. The molecule has 21 heavy (non-hydrogen) atoms. The van der Waals surface area contributed by atoms with Crippen LogP contribution in [-0.4, -0.2) is 39.1 Å². The van der Waals surface area contributed by atoms with Crippen LogP contribution in [0.3, 0.4) is 0 Å². The molecule has 114 valence electrons. The lowest BCUT2D eigenvalue weighted by Gasteiger charge is -2.06. The maximum Gasteiger partial charge on any atom is 0.340 e. The summed E-state index contributed by atoms with van der Waals surface area (Å²) in [5.41, 5.74) is 0.230. The van der Waals surface area contributed by atoms with Crippen LogP contribution in [-0.2, 0) is 24.2 Å². The Morgan fingerprint density at radius 2 is 2.00 bits per heavy atom. The standard InChI is InChI=1S/C13H16N2O5S/c1-4-20-13(17)12(9(2)16)15-14-10-6-5-7-11(8-10)21(3,18)19/h5-8,12H,4H2,1-3H3/b15-14+. The first-order valence-corrected chi connectivity index (χ1v) is 8.03.